The van der Waals surface area contributed by atoms with Crippen LogP contribution in [0.2, 0.25) is 10.4 Å². The van der Waals surface area contributed by atoms with E-state index >= 15 is 0 Å². The molecular formula is C18H6Br2Cl2N6O2S2. The molecule has 160 valence electrons. The molecule has 0 amide bonds. The number of pyridine rings is 2. The molecule has 0 saturated carbocycles. The van der Waals surface area contributed by atoms with Crippen molar-refractivity contribution in [3.05, 3.63) is 64.7 Å². The average molecular weight is 633 g/mol. The number of aromatic amines is 2. The fourth-order valence-corrected chi connectivity index (χ4v) is 6.07. The predicted molar refractivity (Wildman–Crippen MR) is 137 cm³/mol. The van der Waals surface area contributed by atoms with Crippen LogP contribution in [0.1, 0.15) is 0 Å². The van der Waals surface area contributed by atoms with Crippen LogP contribution in [0.3, 0.4) is 0 Å². The second-order valence-electron chi connectivity index (χ2n) is 6.29. The molecule has 0 saturated heterocycles. The van der Waals surface area contributed by atoms with E-state index < -0.39 is 5.69 Å². The molecule has 0 aliphatic rings. The number of halogens is 4. The van der Waals surface area contributed by atoms with Crippen molar-refractivity contribution in [3.63, 3.8) is 0 Å². The van der Waals surface area contributed by atoms with E-state index in [2.05, 4.69) is 61.8 Å². The monoisotopic (exact) mass is 630 g/mol. The number of nitrogens with zero attached hydrogens (tertiary/aromatic N) is 4. The van der Waals surface area contributed by atoms with Crippen LogP contribution in [0, 0.1) is 0 Å². The summed E-state index contributed by atoms with van der Waals surface area (Å²) in [5.74, 6) is 0. The number of rotatable bonds is 0. The quantitative estimate of drug-likeness (QED) is 0.159. The highest BCUT2D eigenvalue weighted by Gasteiger charge is 2.13. The van der Waals surface area contributed by atoms with Gasteiger partial charge < -0.3 is 4.98 Å². The Morgan fingerprint density at radius 3 is 2.19 bits per heavy atom. The van der Waals surface area contributed by atoms with Crippen LogP contribution in [0.5, 0.6) is 0 Å². The minimum atomic E-state index is -0.503. The highest BCUT2D eigenvalue weighted by atomic mass is 79.9. The number of aromatic nitrogens is 6. The summed E-state index contributed by atoms with van der Waals surface area (Å²) in [4.78, 5) is 45.7. The first-order chi connectivity index (χ1) is 15.3. The summed E-state index contributed by atoms with van der Waals surface area (Å²) < 4.78 is 3.00. The zero-order chi connectivity index (χ0) is 22.6. The first-order valence-electron chi connectivity index (χ1n) is 8.57. The number of H-pyrrole nitrogens is 2. The summed E-state index contributed by atoms with van der Waals surface area (Å²) in [5, 5.41) is 2.23. The third-order valence-corrected chi connectivity index (χ3v) is 7.90. The van der Waals surface area contributed by atoms with E-state index in [1.54, 1.807) is 12.4 Å². The SMILES string of the molecule is Clc1nc(Cl)c2sc3ncc(Br)cc3c2n1.O=c1[nH]c(=O)c2sc3ncc(Br)cc3c2[nH]1. The maximum Gasteiger partial charge on any atom is 0.326 e. The summed E-state index contributed by atoms with van der Waals surface area (Å²) in [6.07, 6.45) is 3.39. The van der Waals surface area contributed by atoms with Crippen LogP contribution in [-0.4, -0.2) is 29.9 Å². The molecule has 0 unspecified atom stereocenters. The number of hydrogen-bond donors (Lipinski definition) is 2. The molecule has 32 heavy (non-hydrogen) atoms. The number of hydrogen-bond acceptors (Lipinski definition) is 8. The summed E-state index contributed by atoms with van der Waals surface area (Å²) in [6, 6.07) is 3.78. The third-order valence-electron chi connectivity index (χ3n) is 4.25. The van der Waals surface area contributed by atoms with Crippen LogP contribution >= 0.6 is 77.7 Å². The largest absolute Gasteiger partial charge is 0.326 e. The van der Waals surface area contributed by atoms with Gasteiger partial charge in [0.05, 0.1) is 15.7 Å². The van der Waals surface area contributed by atoms with E-state index in [1.165, 1.54) is 22.7 Å². The summed E-state index contributed by atoms with van der Waals surface area (Å²) in [5.41, 5.74) is 0.413. The number of nitrogens with one attached hydrogen (secondary N) is 2. The fourth-order valence-electron chi connectivity index (χ4n) is 2.99. The second kappa shape index (κ2) is 8.43. The summed E-state index contributed by atoms with van der Waals surface area (Å²) >= 11 is 21.2. The van der Waals surface area contributed by atoms with E-state index in [1.807, 2.05) is 12.1 Å². The summed E-state index contributed by atoms with van der Waals surface area (Å²) in [7, 11) is 0. The van der Waals surface area contributed by atoms with Gasteiger partial charge in [0.25, 0.3) is 5.56 Å². The van der Waals surface area contributed by atoms with E-state index in [-0.39, 0.29) is 10.8 Å². The molecule has 0 fully saturated rings. The van der Waals surface area contributed by atoms with Gasteiger partial charge in [0.2, 0.25) is 5.28 Å². The molecule has 6 heterocycles. The second-order valence-corrected chi connectivity index (χ2v) is 10.8. The minimum absolute atomic E-state index is 0.150. The molecule has 0 radical (unpaired) electrons. The van der Waals surface area contributed by atoms with Crippen molar-refractivity contribution in [2.24, 2.45) is 0 Å². The van der Waals surface area contributed by atoms with Gasteiger partial charge >= 0.3 is 5.69 Å². The molecular weight excluding hydrogens is 627 g/mol. The van der Waals surface area contributed by atoms with Gasteiger partial charge in [-0.2, -0.15) is 0 Å². The van der Waals surface area contributed by atoms with Crippen molar-refractivity contribution >= 4 is 119 Å². The maximum atomic E-state index is 11.5. The molecule has 0 aliphatic heterocycles. The van der Waals surface area contributed by atoms with Crippen LogP contribution in [0.25, 0.3) is 40.9 Å². The first kappa shape index (κ1) is 21.9. The van der Waals surface area contributed by atoms with Crippen molar-refractivity contribution in [3.8, 4) is 0 Å². The van der Waals surface area contributed by atoms with Gasteiger partial charge in [-0.25, -0.2) is 24.7 Å². The van der Waals surface area contributed by atoms with Gasteiger partial charge in [-0.3, -0.25) is 9.78 Å². The number of thiophene rings is 2. The Hall–Kier alpha value is -1.96. The molecule has 6 aromatic heterocycles. The van der Waals surface area contributed by atoms with Gasteiger partial charge in [-0.15, -0.1) is 22.7 Å². The predicted octanol–water partition coefficient (Wildman–Crippen LogP) is 5.90. The molecule has 0 aromatic carbocycles. The standard InChI is InChI=1S/C9H2BrCl2N3S.C9H4BrN3O2S/c10-3-1-4-5-6(16-8(4)13-2-3)7(11)15-9(12)14-5;10-3-1-4-5-6(16-8(4)11-2-3)7(14)13-9(15)12-5/h1-2H;1-2H,(H2,12,13,14,15). The van der Waals surface area contributed by atoms with Gasteiger partial charge in [0.1, 0.15) is 14.4 Å². The zero-order valence-electron chi connectivity index (χ0n) is 15.2. The Bertz CT molecular complexity index is 1800. The molecule has 0 spiro atoms. The van der Waals surface area contributed by atoms with Crippen LogP contribution in [0.15, 0.2) is 43.1 Å². The van der Waals surface area contributed by atoms with Crippen LogP contribution in [-0.2, 0) is 0 Å². The Kier molecular flexibility index (Phi) is 5.76. The summed E-state index contributed by atoms with van der Waals surface area (Å²) in [6.45, 7) is 0. The van der Waals surface area contributed by atoms with Gasteiger partial charge in [-0.1, -0.05) is 11.6 Å². The Labute approximate surface area is 211 Å². The van der Waals surface area contributed by atoms with Crippen molar-refractivity contribution in [2.75, 3.05) is 0 Å². The van der Waals surface area contributed by atoms with Crippen LogP contribution < -0.4 is 11.2 Å². The molecule has 6 aromatic rings. The lowest BCUT2D eigenvalue weighted by molar-refractivity contribution is 1.09. The highest BCUT2D eigenvalue weighted by molar-refractivity contribution is 9.10. The zero-order valence-corrected chi connectivity index (χ0v) is 21.6. The van der Waals surface area contributed by atoms with E-state index in [4.69, 9.17) is 23.2 Å². The van der Waals surface area contributed by atoms with Gasteiger partial charge in [0, 0.05) is 32.1 Å². The molecule has 8 nitrogen and oxygen atoms in total. The third kappa shape index (κ3) is 3.95. The fraction of sp³-hybridized carbons (Fsp3) is 0. The van der Waals surface area contributed by atoms with Gasteiger partial charge in [-0.05, 0) is 55.6 Å². The lowest BCUT2D eigenvalue weighted by Gasteiger charge is -1.94. The Morgan fingerprint density at radius 2 is 1.47 bits per heavy atom. The van der Waals surface area contributed by atoms with Crippen molar-refractivity contribution in [2.45, 2.75) is 0 Å². The van der Waals surface area contributed by atoms with Crippen molar-refractivity contribution in [1.82, 2.24) is 29.9 Å². The molecule has 6 rings (SSSR count). The van der Waals surface area contributed by atoms with Crippen LogP contribution in [0.4, 0.5) is 0 Å². The topological polar surface area (TPSA) is 117 Å². The lowest BCUT2D eigenvalue weighted by Crippen LogP contribution is -2.20. The lowest BCUT2D eigenvalue weighted by atomic mass is 10.3. The van der Waals surface area contributed by atoms with E-state index in [0.717, 1.165) is 39.6 Å². The number of fused-ring (bicyclic) bond motifs is 6. The average Bonchev–Trinajstić information content (AvgIpc) is 3.27. The van der Waals surface area contributed by atoms with E-state index in [9.17, 15) is 9.59 Å². The smallest absolute Gasteiger partial charge is 0.305 e. The minimum Gasteiger partial charge on any atom is -0.305 e. The molecule has 0 aliphatic carbocycles. The molecule has 0 bridgehead atoms. The Morgan fingerprint density at radius 1 is 0.844 bits per heavy atom. The normalized spacial score (nSPS) is 11.4. The van der Waals surface area contributed by atoms with Crippen molar-refractivity contribution < 1.29 is 0 Å². The first-order valence-corrected chi connectivity index (χ1v) is 12.5. The maximum absolute atomic E-state index is 11.5. The Balaban J connectivity index is 0.000000135. The van der Waals surface area contributed by atoms with Gasteiger partial charge in [0.15, 0.2) is 5.15 Å². The van der Waals surface area contributed by atoms with Crippen molar-refractivity contribution in [1.29, 1.82) is 0 Å². The highest BCUT2D eigenvalue weighted by Crippen LogP contribution is 2.36. The molecule has 0 atom stereocenters. The molecule has 2 N–H and O–H groups in total. The van der Waals surface area contributed by atoms with E-state index in [0.29, 0.717) is 15.4 Å². The molecule has 14 heteroatoms.